The smallest absolute Gasteiger partial charge is 0.255 e. The van der Waals surface area contributed by atoms with Gasteiger partial charge in [0.15, 0.2) is 0 Å². The van der Waals surface area contributed by atoms with E-state index in [1.165, 1.54) is 11.6 Å². The normalized spacial score (nSPS) is 10.3. The summed E-state index contributed by atoms with van der Waals surface area (Å²) in [6.07, 6.45) is 0. The molecule has 0 radical (unpaired) electrons. The van der Waals surface area contributed by atoms with Crippen molar-refractivity contribution in [3.63, 3.8) is 0 Å². The molecule has 0 atom stereocenters. The highest BCUT2D eigenvalue weighted by Crippen LogP contribution is 2.20. The van der Waals surface area contributed by atoms with E-state index in [0.717, 1.165) is 9.13 Å². The number of amides is 1. The molecule has 1 amide bonds. The molecule has 18 heavy (non-hydrogen) atoms. The van der Waals surface area contributed by atoms with Gasteiger partial charge in [-0.1, -0.05) is 0 Å². The first kappa shape index (κ1) is 13.4. The predicted octanol–water partition coefficient (Wildman–Crippen LogP) is 3.30. The number of phenols is 1. The second kappa shape index (κ2) is 5.71. The molecule has 0 spiro atoms. The van der Waals surface area contributed by atoms with E-state index in [-0.39, 0.29) is 11.7 Å². The van der Waals surface area contributed by atoms with E-state index in [0.29, 0.717) is 12.1 Å². The summed E-state index contributed by atoms with van der Waals surface area (Å²) in [6.45, 7) is 2.50. The number of thiophene rings is 1. The van der Waals surface area contributed by atoms with Gasteiger partial charge in [0.05, 0.1) is 5.56 Å². The average Bonchev–Trinajstić information content (AvgIpc) is 2.75. The third kappa shape index (κ3) is 3.02. The molecule has 5 heteroatoms. The molecule has 94 valence electrons. The van der Waals surface area contributed by atoms with E-state index < -0.39 is 0 Å². The second-order valence-electron chi connectivity index (χ2n) is 3.92. The van der Waals surface area contributed by atoms with Crippen molar-refractivity contribution >= 4 is 39.8 Å². The number of benzene rings is 1. The highest BCUT2D eigenvalue weighted by molar-refractivity contribution is 14.1. The summed E-state index contributed by atoms with van der Waals surface area (Å²) in [5.74, 6) is -0.244. The maximum atomic E-state index is 12.0. The molecular formula is C13H12INO2S. The van der Waals surface area contributed by atoms with Crippen LogP contribution in [0, 0.1) is 10.5 Å². The molecule has 0 bridgehead atoms. The number of hydrogen-bond donors (Lipinski definition) is 2. The topological polar surface area (TPSA) is 49.3 Å². The second-order valence-corrected chi connectivity index (χ2v) is 5.91. The highest BCUT2D eigenvalue weighted by Gasteiger charge is 2.11. The van der Waals surface area contributed by atoms with Gasteiger partial charge in [-0.2, -0.15) is 11.3 Å². The lowest BCUT2D eigenvalue weighted by Crippen LogP contribution is -2.23. The zero-order chi connectivity index (χ0) is 13.1. The maximum absolute atomic E-state index is 12.0. The van der Waals surface area contributed by atoms with Crippen LogP contribution in [0.25, 0.3) is 0 Å². The monoisotopic (exact) mass is 373 g/mol. The molecule has 2 rings (SSSR count). The molecule has 3 nitrogen and oxygen atoms in total. The highest BCUT2D eigenvalue weighted by atomic mass is 127. The first-order chi connectivity index (χ1) is 8.58. The lowest BCUT2D eigenvalue weighted by atomic mass is 10.1. The number of halogens is 1. The number of aromatic hydroxyl groups is 1. The minimum atomic E-state index is -0.253. The van der Waals surface area contributed by atoms with Gasteiger partial charge in [-0.25, -0.2) is 0 Å². The van der Waals surface area contributed by atoms with Crippen LogP contribution in [0.4, 0.5) is 0 Å². The van der Waals surface area contributed by atoms with Crippen LogP contribution >= 0.6 is 33.9 Å². The fraction of sp³-hybridized carbons (Fsp3) is 0.154. The van der Waals surface area contributed by atoms with Crippen LogP contribution < -0.4 is 5.32 Å². The van der Waals surface area contributed by atoms with Gasteiger partial charge < -0.3 is 10.4 Å². The summed E-state index contributed by atoms with van der Waals surface area (Å²) in [4.78, 5) is 12.0. The molecule has 0 fully saturated rings. The van der Waals surface area contributed by atoms with Crippen molar-refractivity contribution in [2.75, 3.05) is 0 Å². The standard InChI is InChI=1S/C13H12INO2S/c1-8-6-18-7-9(8)5-15-13(17)11-4-10(14)2-3-12(11)16/h2-4,6-7,16H,5H2,1H3,(H,15,17). The van der Waals surface area contributed by atoms with Crippen LogP contribution in [0.15, 0.2) is 29.0 Å². The molecule has 1 aromatic carbocycles. The van der Waals surface area contributed by atoms with Crippen molar-refractivity contribution < 1.29 is 9.90 Å². The molecular weight excluding hydrogens is 361 g/mol. The third-order valence-electron chi connectivity index (χ3n) is 2.60. The van der Waals surface area contributed by atoms with Crippen LogP contribution in [0.1, 0.15) is 21.5 Å². The van der Waals surface area contributed by atoms with E-state index >= 15 is 0 Å². The molecule has 0 unspecified atom stereocenters. The summed E-state index contributed by atoms with van der Waals surface area (Å²) in [6, 6.07) is 4.97. The van der Waals surface area contributed by atoms with Gasteiger partial charge in [-0.3, -0.25) is 4.79 Å². The molecule has 0 aliphatic carbocycles. The van der Waals surface area contributed by atoms with Gasteiger partial charge in [0, 0.05) is 10.1 Å². The molecule has 2 N–H and O–H groups in total. The minimum absolute atomic E-state index is 0.00922. The quantitative estimate of drug-likeness (QED) is 0.812. The maximum Gasteiger partial charge on any atom is 0.255 e. The van der Waals surface area contributed by atoms with Gasteiger partial charge in [0.1, 0.15) is 5.75 Å². The fourth-order valence-electron chi connectivity index (χ4n) is 1.53. The zero-order valence-corrected chi connectivity index (χ0v) is 12.7. The van der Waals surface area contributed by atoms with Crippen LogP contribution in [-0.2, 0) is 6.54 Å². The molecule has 0 aliphatic heterocycles. The Balaban J connectivity index is 2.08. The number of nitrogens with one attached hydrogen (secondary N) is 1. The van der Waals surface area contributed by atoms with Crippen LogP contribution in [0.2, 0.25) is 0 Å². The Hall–Kier alpha value is -1.08. The van der Waals surface area contributed by atoms with E-state index in [1.54, 1.807) is 23.5 Å². The Morgan fingerprint density at radius 2 is 2.22 bits per heavy atom. The Kier molecular flexibility index (Phi) is 4.23. The lowest BCUT2D eigenvalue weighted by molar-refractivity contribution is 0.0948. The SMILES string of the molecule is Cc1cscc1CNC(=O)c1cc(I)ccc1O. The van der Waals surface area contributed by atoms with Gasteiger partial charge in [0.25, 0.3) is 5.91 Å². The Labute approximate surface area is 123 Å². The third-order valence-corrected chi connectivity index (χ3v) is 4.19. The number of carbonyl (C=O) groups excluding carboxylic acids is 1. The van der Waals surface area contributed by atoms with Crippen molar-refractivity contribution in [1.29, 1.82) is 0 Å². The zero-order valence-electron chi connectivity index (χ0n) is 9.74. The Morgan fingerprint density at radius 1 is 1.44 bits per heavy atom. The van der Waals surface area contributed by atoms with Crippen molar-refractivity contribution in [1.82, 2.24) is 5.32 Å². The molecule has 2 aromatic rings. The number of hydrogen-bond acceptors (Lipinski definition) is 3. The number of phenolic OH excluding ortho intramolecular Hbond substituents is 1. The first-order valence-electron chi connectivity index (χ1n) is 5.36. The van der Waals surface area contributed by atoms with E-state index in [2.05, 4.69) is 27.9 Å². The average molecular weight is 373 g/mol. The van der Waals surface area contributed by atoms with Crippen molar-refractivity contribution in [3.8, 4) is 5.75 Å². The minimum Gasteiger partial charge on any atom is -0.507 e. The molecule has 0 aliphatic rings. The van der Waals surface area contributed by atoms with Gasteiger partial charge in [-0.05, 0) is 69.6 Å². The van der Waals surface area contributed by atoms with Gasteiger partial charge in [0.2, 0.25) is 0 Å². The molecule has 1 heterocycles. The summed E-state index contributed by atoms with van der Waals surface area (Å²) in [5, 5.41) is 16.5. The molecule has 0 saturated carbocycles. The van der Waals surface area contributed by atoms with E-state index in [9.17, 15) is 9.90 Å². The van der Waals surface area contributed by atoms with Crippen molar-refractivity contribution in [2.24, 2.45) is 0 Å². The number of aryl methyl sites for hydroxylation is 1. The van der Waals surface area contributed by atoms with Crippen LogP contribution in [-0.4, -0.2) is 11.0 Å². The predicted molar refractivity (Wildman–Crippen MR) is 81.1 cm³/mol. The largest absolute Gasteiger partial charge is 0.507 e. The van der Waals surface area contributed by atoms with Crippen molar-refractivity contribution in [2.45, 2.75) is 13.5 Å². The van der Waals surface area contributed by atoms with Gasteiger partial charge in [-0.15, -0.1) is 0 Å². The fourth-order valence-corrected chi connectivity index (χ4v) is 2.88. The number of rotatable bonds is 3. The molecule has 0 saturated heterocycles. The first-order valence-corrected chi connectivity index (χ1v) is 7.38. The lowest BCUT2D eigenvalue weighted by Gasteiger charge is -2.07. The Bertz CT molecular complexity index is 580. The number of carbonyl (C=O) groups is 1. The Morgan fingerprint density at radius 3 is 2.89 bits per heavy atom. The summed E-state index contributed by atoms with van der Waals surface area (Å²) in [7, 11) is 0. The van der Waals surface area contributed by atoms with Crippen LogP contribution in [0.5, 0.6) is 5.75 Å². The van der Waals surface area contributed by atoms with E-state index in [4.69, 9.17) is 0 Å². The van der Waals surface area contributed by atoms with Crippen LogP contribution in [0.3, 0.4) is 0 Å². The summed E-state index contributed by atoms with van der Waals surface area (Å²) >= 11 is 3.73. The molecule has 1 aromatic heterocycles. The van der Waals surface area contributed by atoms with E-state index in [1.807, 2.05) is 17.7 Å². The summed E-state index contributed by atoms with van der Waals surface area (Å²) < 4.78 is 0.919. The summed E-state index contributed by atoms with van der Waals surface area (Å²) in [5.41, 5.74) is 2.60. The van der Waals surface area contributed by atoms with Crippen molar-refractivity contribution in [3.05, 3.63) is 49.2 Å². The van der Waals surface area contributed by atoms with Gasteiger partial charge >= 0.3 is 0 Å².